The van der Waals surface area contributed by atoms with E-state index < -0.39 is 0 Å². The number of amides is 1. The molecule has 4 aromatic rings. The van der Waals surface area contributed by atoms with E-state index in [0.717, 1.165) is 22.2 Å². The summed E-state index contributed by atoms with van der Waals surface area (Å²) in [6.45, 7) is 2.92. The second-order valence-electron chi connectivity index (χ2n) is 7.15. The van der Waals surface area contributed by atoms with E-state index in [0.29, 0.717) is 37.0 Å². The number of hydrogen-bond acceptors (Lipinski definition) is 6. The number of hydrogen-bond donors (Lipinski definition) is 3. The lowest BCUT2D eigenvalue weighted by molar-refractivity contribution is -0.118. The second-order valence-corrected chi connectivity index (χ2v) is 7.15. The second kappa shape index (κ2) is 10.2. The number of H-pyrrole nitrogens is 1. The first-order valence-electron chi connectivity index (χ1n) is 10.3. The van der Waals surface area contributed by atoms with Gasteiger partial charge in [-0.15, -0.1) is 0 Å². The van der Waals surface area contributed by atoms with Gasteiger partial charge in [0, 0.05) is 25.6 Å². The van der Waals surface area contributed by atoms with Crippen molar-refractivity contribution in [3.63, 3.8) is 0 Å². The number of aromatic amines is 1. The van der Waals surface area contributed by atoms with E-state index in [4.69, 9.17) is 9.82 Å². The number of carbonyl (C=O) groups excluding carboxylic acids is 1. The van der Waals surface area contributed by atoms with Gasteiger partial charge in [0.1, 0.15) is 18.1 Å². The summed E-state index contributed by atoms with van der Waals surface area (Å²) in [5.74, 6) is 1.21. The number of rotatable bonds is 9. The third kappa shape index (κ3) is 5.48. The molecule has 0 unspecified atom stereocenters. The molecule has 0 bridgehead atoms. The zero-order chi connectivity index (χ0) is 22.2. The molecule has 3 N–H and O–H groups in total. The fourth-order valence-corrected chi connectivity index (χ4v) is 3.15. The molecule has 0 saturated carbocycles. The fraction of sp³-hybridized carbons (Fsp3) is 0.167. The van der Waals surface area contributed by atoms with Crippen LogP contribution in [0, 0.1) is 0 Å². The lowest BCUT2D eigenvalue weighted by atomic mass is 10.2. The monoisotopic (exact) mass is 428 g/mol. The Morgan fingerprint density at radius 2 is 1.81 bits per heavy atom. The molecule has 2 aromatic carbocycles. The highest BCUT2D eigenvalue weighted by molar-refractivity contribution is 5.94. The van der Waals surface area contributed by atoms with E-state index in [1.165, 1.54) is 6.92 Å². The van der Waals surface area contributed by atoms with E-state index in [1.54, 1.807) is 6.21 Å². The minimum atomic E-state index is -0.0692. The molecule has 2 heterocycles. The van der Waals surface area contributed by atoms with Gasteiger partial charge in [-0.1, -0.05) is 65.8 Å². The fourth-order valence-electron chi connectivity index (χ4n) is 3.15. The molecule has 0 atom stereocenters. The molecule has 0 aliphatic rings. The van der Waals surface area contributed by atoms with E-state index in [2.05, 4.69) is 25.8 Å². The number of anilines is 1. The van der Waals surface area contributed by atoms with Crippen LogP contribution in [-0.4, -0.2) is 40.2 Å². The third-order valence-corrected chi connectivity index (χ3v) is 4.67. The van der Waals surface area contributed by atoms with Gasteiger partial charge in [-0.05, 0) is 11.6 Å². The number of nitrogens with one attached hydrogen (secondary N) is 3. The van der Waals surface area contributed by atoms with Crippen LogP contribution >= 0.6 is 0 Å². The molecule has 8 heteroatoms. The van der Waals surface area contributed by atoms with Crippen molar-refractivity contribution in [1.82, 2.24) is 20.3 Å². The Bertz CT molecular complexity index is 1210. The molecule has 8 nitrogen and oxygen atoms in total. The Hall–Kier alpha value is -4.20. The highest BCUT2D eigenvalue weighted by atomic mass is 16.6. The summed E-state index contributed by atoms with van der Waals surface area (Å²) in [6.07, 6.45) is 1.62. The van der Waals surface area contributed by atoms with Gasteiger partial charge in [-0.3, -0.25) is 4.79 Å². The Balaban J connectivity index is 1.55. The Kier molecular flexibility index (Phi) is 6.72. The minimum absolute atomic E-state index is 0.0692. The van der Waals surface area contributed by atoms with Crippen LogP contribution in [0.5, 0.6) is 0 Å². The summed E-state index contributed by atoms with van der Waals surface area (Å²) in [5.41, 5.74) is 3.39. The van der Waals surface area contributed by atoms with Gasteiger partial charge in [0.2, 0.25) is 5.91 Å². The Morgan fingerprint density at radius 1 is 1.06 bits per heavy atom. The van der Waals surface area contributed by atoms with E-state index in [1.807, 2.05) is 66.7 Å². The normalized spacial score (nSPS) is 11.0. The maximum atomic E-state index is 11.1. The van der Waals surface area contributed by atoms with Crippen molar-refractivity contribution in [3.8, 4) is 11.4 Å². The van der Waals surface area contributed by atoms with Crippen LogP contribution in [0.25, 0.3) is 22.4 Å². The average Bonchev–Trinajstić information content (AvgIpc) is 3.24. The minimum Gasteiger partial charge on any atom is -0.391 e. The van der Waals surface area contributed by atoms with Crippen molar-refractivity contribution in [2.75, 3.05) is 18.4 Å². The zero-order valence-electron chi connectivity index (χ0n) is 17.7. The van der Waals surface area contributed by atoms with Crippen LogP contribution in [0.4, 0.5) is 5.82 Å². The molecule has 32 heavy (non-hydrogen) atoms. The third-order valence-electron chi connectivity index (χ3n) is 4.67. The van der Waals surface area contributed by atoms with E-state index in [9.17, 15) is 4.79 Å². The molecule has 0 radical (unpaired) electrons. The number of benzene rings is 2. The molecular weight excluding hydrogens is 404 g/mol. The predicted molar refractivity (Wildman–Crippen MR) is 125 cm³/mol. The summed E-state index contributed by atoms with van der Waals surface area (Å²) in [5, 5.41) is 11.0. The van der Waals surface area contributed by atoms with Crippen molar-refractivity contribution in [3.05, 3.63) is 78.0 Å². The maximum absolute atomic E-state index is 11.1. The Labute approximate surface area is 185 Å². The summed E-state index contributed by atoms with van der Waals surface area (Å²) in [4.78, 5) is 29.2. The van der Waals surface area contributed by atoms with Crippen molar-refractivity contribution in [2.24, 2.45) is 5.16 Å². The first-order chi connectivity index (χ1) is 15.7. The molecule has 0 aliphatic heterocycles. The molecule has 1 amide bonds. The van der Waals surface area contributed by atoms with Crippen molar-refractivity contribution >= 4 is 29.0 Å². The molecule has 162 valence electrons. The quantitative estimate of drug-likeness (QED) is 0.214. The average molecular weight is 428 g/mol. The van der Waals surface area contributed by atoms with Crippen LogP contribution in [0.3, 0.4) is 0 Å². The summed E-state index contributed by atoms with van der Waals surface area (Å²) < 4.78 is 0. The summed E-state index contributed by atoms with van der Waals surface area (Å²) >= 11 is 0. The maximum Gasteiger partial charge on any atom is 0.216 e. The lowest BCUT2D eigenvalue weighted by Crippen LogP contribution is -2.26. The highest BCUT2D eigenvalue weighted by Crippen LogP contribution is 2.25. The number of carbonyl (C=O) groups is 1. The van der Waals surface area contributed by atoms with Gasteiger partial charge in [-0.2, -0.15) is 0 Å². The first-order valence-corrected chi connectivity index (χ1v) is 10.3. The lowest BCUT2D eigenvalue weighted by Gasteiger charge is -2.09. The van der Waals surface area contributed by atoms with Gasteiger partial charge in [0.25, 0.3) is 0 Å². The van der Waals surface area contributed by atoms with Crippen LogP contribution in [0.15, 0.2) is 71.9 Å². The van der Waals surface area contributed by atoms with Crippen LogP contribution in [-0.2, 0) is 16.2 Å². The molecule has 0 spiro atoms. The first kappa shape index (κ1) is 21.0. The standard InChI is InChI=1S/C24H24N6O2/c1-17(31)25-12-13-26-23-21-14-20(15-27-32-16-18-8-4-2-5-9-18)28-24(21)30-22(29-23)19-10-6-3-7-11-19/h2-11,14-15H,12-13,16H2,1H3,(H,25,31)(H2,26,28,29,30)/b27-15+. The van der Waals surface area contributed by atoms with Gasteiger partial charge >= 0.3 is 0 Å². The van der Waals surface area contributed by atoms with Crippen molar-refractivity contribution < 1.29 is 9.63 Å². The summed E-state index contributed by atoms with van der Waals surface area (Å²) in [6, 6.07) is 21.5. The number of fused-ring (bicyclic) bond motifs is 1. The molecular formula is C24H24N6O2. The van der Waals surface area contributed by atoms with E-state index in [-0.39, 0.29) is 5.91 Å². The zero-order valence-corrected chi connectivity index (χ0v) is 17.7. The molecule has 0 aliphatic carbocycles. The predicted octanol–water partition coefficient (Wildman–Crippen LogP) is 3.72. The molecule has 0 saturated heterocycles. The van der Waals surface area contributed by atoms with Crippen molar-refractivity contribution in [1.29, 1.82) is 0 Å². The Morgan fingerprint density at radius 3 is 2.56 bits per heavy atom. The van der Waals surface area contributed by atoms with Gasteiger partial charge in [-0.25, -0.2) is 9.97 Å². The molecule has 4 rings (SSSR count). The van der Waals surface area contributed by atoms with Crippen LogP contribution < -0.4 is 10.6 Å². The van der Waals surface area contributed by atoms with Crippen LogP contribution in [0.1, 0.15) is 18.2 Å². The van der Waals surface area contributed by atoms with Gasteiger partial charge < -0.3 is 20.5 Å². The largest absolute Gasteiger partial charge is 0.391 e. The highest BCUT2D eigenvalue weighted by Gasteiger charge is 2.12. The number of nitrogens with zero attached hydrogens (tertiary/aromatic N) is 3. The van der Waals surface area contributed by atoms with Gasteiger partial charge in [0.05, 0.1) is 17.3 Å². The number of oxime groups is 1. The molecule has 0 fully saturated rings. The SMILES string of the molecule is CC(=O)NCCNc1nc(-c2ccccc2)nc2[nH]c(/C=N/OCc3ccccc3)cc12. The van der Waals surface area contributed by atoms with Crippen LogP contribution in [0.2, 0.25) is 0 Å². The van der Waals surface area contributed by atoms with Gasteiger partial charge in [0.15, 0.2) is 5.82 Å². The summed E-state index contributed by atoms with van der Waals surface area (Å²) in [7, 11) is 0. The molecule has 2 aromatic heterocycles. The van der Waals surface area contributed by atoms with Crippen molar-refractivity contribution in [2.45, 2.75) is 13.5 Å². The topological polar surface area (TPSA) is 104 Å². The smallest absolute Gasteiger partial charge is 0.216 e. The number of aromatic nitrogens is 3. The van der Waals surface area contributed by atoms with E-state index >= 15 is 0 Å².